The summed E-state index contributed by atoms with van der Waals surface area (Å²) in [5, 5.41) is 2.89. The van der Waals surface area contributed by atoms with E-state index < -0.39 is 5.97 Å². The maximum absolute atomic E-state index is 12.3. The van der Waals surface area contributed by atoms with Crippen LogP contribution in [0.4, 0.5) is 11.4 Å². The number of carbonyl (C=O) groups excluding carboxylic acids is 3. The first-order chi connectivity index (χ1) is 12.8. The van der Waals surface area contributed by atoms with Gasteiger partial charge in [0.25, 0.3) is 0 Å². The lowest BCUT2D eigenvalue weighted by Crippen LogP contribution is -2.32. The minimum atomic E-state index is -0.441. The van der Waals surface area contributed by atoms with E-state index in [1.165, 1.54) is 18.9 Å². The number of anilines is 2. The third-order valence-electron chi connectivity index (χ3n) is 4.21. The van der Waals surface area contributed by atoms with E-state index >= 15 is 0 Å². The third kappa shape index (κ3) is 5.41. The number of rotatable bonds is 6. The molecule has 27 heavy (non-hydrogen) atoms. The van der Waals surface area contributed by atoms with Crippen molar-refractivity contribution in [1.29, 1.82) is 0 Å². The average Bonchev–Trinajstić information content (AvgIpc) is 2.64. The second-order valence-corrected chi connectivity index (χ2v) is 6.33. The largest absolute Gasteiger partial charge is 0.465 e. The highest BCUT2D eigenvalue weighted by atomic mass is 16.5. The predicted molar refractivity (Wildman–Crippen MR) is 105 cm³/mol. The molecular weight excluding hydrogens is 344 g/mol. The van der Waals surface area contributed by atoms with Gasteiger partial charge in [-0.2, -0.15) is 0 Å². The zero-order valence-corrected chi connectivity index (χ0v) is 16.0. The lowest BCUT2D eigenvalue weighted by Gasteiger charge is -2.21. The molecule has 142 valence electrons. The smallest absolute Gasteiger partial charge is 0.337 e. The van der Waals surface area contributed by atoms with Gasteiger partial charge in [0.15, 0.2) is 0 Å². The number of benzene rings is 2. The Morgan fingerprint density at radius 3 is 2.30 bits per heavy atom. The fraction of sp³-hybridized carbons (Fsp3) is 0.286. The van der Waals surface area contributed by atoms with Crippen LogP contribution >= 0.6 is 0 Å². The van der Waals surface area contributed by atoms with Gasteiger partial charge < -0.3 is 15.0 Å². The molecule has 0 saturated heterocycles. The van der Waals surface area contributed by atoms with Crippen molar-refractivity contribution in [2.24, 2.45) is 0 Å². The number of nitrogens with zero attached hydrogens (tertiary/aromatic N) is 1. The molecule has 0 spiro atoms. The highest BCUT2D eigenvalue weighted by Crippen LogP contribution is 2.19. The molecule has 0 aromatic heterocycles. The molecule has 0 heterocycles. The van der Waals surface area contributed by atoms with E-state index in [9.17, 15) is 14.4 Å². The molecule has 6 nitrogen and oxygen atoms in total. The van der Waals surface area contributed by atoms with Crippen molar-refractivity contribution in [2.75, 3.05) is 23.9 Å². The summed E-state index contributed by atoms with van der Waals surface area (Å²) in [4.78, 5) is 37.3. The fourth-order valence-electron chi connectivity index (χ4n) is 2.66. The minimum Gasteiger partial charge on any atom is -0.465 e. The lowest BCUT2D eigenvalue weighted by molar-refractivity contribution is -0.117. The molecule has 0 radical (unpaired) electrons. The number of nitrogens with one attached hydrogen (secondary N) is 1. The van der Waals surface area contributed by atoms with Crippen LogP contribution < -0.4 is 10.2 Å². The topological polar surface area (TPSA) is 75.7 Å². The highest BCUT2D eigenvalue weighted by molar-refractivity contribution is 5.96. The van der Waals surface area contributed by atoms with Crippen molar-refractivity contribution in [1.82, 2.24) is 0 Å². The predicted octanol–water partition coefficient (Wildman–Crippen LogP) is 3.47. The summed E-state index contributed by atoms with van der Waals surface area (Å²) in [7, 11) is 1.31. The summed E-state index contributed by atoms with van der Waals surface area (Å²) >= 11 is 0. The number of hydrogen-bond donors (Lipinski definition) is 1. The summed E-state index contributed by atoms with van der Waals surface area (Å²) < 4.78 is 4.67. The van der Waals surface area contributed by atoms with E-state index in [4.69, 9.17) is 0 Å². The number of aryl methyl sites for hydroxylation is 2. The SMILES string of the molecule is COC(=O)c1ccc(N(CCC(=O)Nc2cc(C)ccc2C)C(C)=O)cc1. The van der Waals surface area contributed by atoms with E-state index in [1.807, 2.05) is 32.0 Å². The van der Waals surface area contributed by atoms with Crippen LogP contribution in [0.1, 0.15) is 34.8 Å². The van der Waals surface area contributed by atoms with Crippen molar-refractivity contribution in [3.05, 3.63) is 59.2 Å². The molecule has 0 atom stereocenters. The molecule has 6 heteroatoms. The van der Waals surface area contributed by atoms with Gasteiger partial charge in [-0.25, -0.2) is 4.79 Å². The summed E-state index contributed by atoms with van der Waals surface area (Å²) in [6, 6.07) is 12.4. The molecule has 0 fully saturated rings. The number of esters is 1. The van der Waals surface area contributed by atoms with Gasteiger partial charge in [0, 0.05) is 31.3 Å². The maximum atomic E-state index is 12.3. The number of carbonyl (C=O) groups is 3. The van der Waals surface area contributed by atoms with Gasteiger partial charge in [0.05, 0.1) is 12.7 Å². The van der Waals surface area contributed by atoms with E-state index in [-0.39, 0.29) is 24.8 Å². The Kier molecular flexibility index (Phi) is 6.71. The van der Waals surface area contributed by atoms with Crippen LogP contribution in [0, 0.1) is 13.8 Å². The first-order valence-corrected chi connectivity index (χ1v) is 8.65. The summed E-state index contributed by atoms with van der Waals surface area (Å²) in [6.45, 7) is 5.57. The molecule has 0 aliphatic heterocycles. The molecule has 2 rings (SSSR count). The van der Waals surface area contributed by atoms with Crippen LogP contribution in [-0.2, 0) is 14.3 Å². The van der Waals surface area contributed by atoms with Crippen LogP contribution in [0.5, 0.6) is 0 Å². The number of amides is 2. The molecule has 0 aliphatic rings. The molecular formula is C21H24N2O4. The Labute approximate surface area is 159 Å². The molecule has 2 aromatic rings. The van der Waals surface area contributed by atoms with Gasteiger partial charge in [-0.15, -0.1) is 0 Å². The molecule has 0 bridgehead atoms. The van der Waals surface area contributed by atoms with Gasteiger partial charge in [0.2, 0.25) is 11.8 Å². The average molecular weight is 368 g/mol. The van der Waals surface area contributed by atoms with Crippen molar-refractivity contribution in [3.63, 3.8) is 0 Å². The molecule has 2 amide bonds. The zero-order chi connectivity index (χ0) is 20.0. The van der Waals surface area contributed by atoms with Crippen LogP contribution in [0.15, 0.2) is 42.5 Å². The van der Waals surface area contributed by atoms with Crippen LogP contribution in [0.2, 0.25) is 0 Å². The molecule has 0 aliphatic carbocycles. The monoisotopic (exact) mass is 368 g/mol. The van der Waals surface area contributed by atoms with Gasteiger partial charge in [0.1, 0.15) is 0 Å². The Bertz CT molecular complexity index is 844. The Morgan fingerprint density at radius 2 is 1.70 bits per heavy atom. The summed E-state index contributed by atoms with van der Waals surface area (Å²) in [6.07, 6.45) is 0.158. The lowest BCUT2D eigenvalue weighted by atomic mass is 10.1. The second kappa shape index (κ2) is 8.98. The molecule has 0 saturated carbocycles. The van der Waals surface area contributed by atoms with Crippen LogP contribution in [0.25, 0.3) is 0 Å². The Balaban J connectivity index is 2.04. The van der Waals surface area contributed by atoms with Crippen molar-refractivity contribution in [2.45, 2.75) is 27.2 Å². The van der Waals surface area contributed by atoms with Gasteiger partial charge in [-0.3, -0.25) is 9.59 Å². The number of methoxy groups -OCH3 is 1. The normalized spacial score (nSPS) is 10.2. The van der Waals surface area contributed by atoms with Crippen molar-refractivity contribution >= 4 is 29.2 Å². The standard InChI is InChI=1S/C21H24N2O4/c1-14-5-6-15(2)19(13-14)22-20(25)11-12-23(16(3)24)18-9-7-17(8-10-18)21(26)27-4/h5-10,13H,11-12H2,1-4H3,(H,22,25). The first kappa shape index (κ1) is 20.2. The Morgan fingerprint density at radius 1 is 1.04 bits per heavy atom. The van der Waals surface area contributed by atoms with E-state index in [0.717, 1.165) is 16.8 Å². The first-order valence-electron chi connectivity index (χ1n) is 8.65. The number of ether oxygens (including phenoxy) is 1. The summed E-state index contributed by atoms with van der Waals surface area (Å²) in [5.41, 5.74) is 3.84. The number of hydrogen-bond acceptors (Lipinski definition) is 4. The van der Waals surface area contributed by atoms with Crippen molar-refractivity contribution < 1.29 is 19.1 Å². The van der Waals surface area contributed by atoms with Gasteiger partial charge >= 0.3 is 5.97 Å². The second-order valence-electron chi connectivity index (χ2n) is 6.33. The third-order valence-corrected chi connectivity index (χ3v) is 4.21. The molecule has 0 unspecified atom stereocenters. The molecule has 1 N–H and O–H groups in total. The van der Waals surface area contributed by atoms with Crippen LogP contribution in [0.3, 0.4) is 0 Å². The Hall–Kier alpha value is -3.15. The van der Waals surface area contributed by atoms with Gasteiger partial charge in [-0.05, 0) is 55.3 Å². The summed E-state index contributed by atoms with van der Waals surface area (Å²) in [5.74, 6) is -0.787. The van der Waals surface area contributed by atoms with Crippen molar-refractivity contribution in [3.8, 4) is 0 Å². The molecule has 2 aromatic carbocycles. The minimum absolute atomic E-state index is 0.158. The maximum Gasteiger partial charge on any atom is 0.337 e. The van der Waals surface area contributed by atoms with E-state index in [1.54, 1.807) is 24.3 Å². The van der Waals surface area contributed by atoms with E-state index in [0.29, 0.717) is 11.3 Å². The van der Waals surface area contributed by atoms with Crippen LogP contribution in [-0.4, -0.2) is 31.4 Å². The quantitative estimate of drug-likeness (QED) is 0.792. The highest BCUT2D eigenvalue weighted by Gasteiger charge is 2.15. The fourth-order valence-corrected chi connectivity index (χ4v) is 2.66. The van der Waals surface area contributed by atoms with Gasteiger partial charge in [-0.1, -0.05) is 12.1 Å². The zero-order valence-electron chi connectivity index (χ0n) is 16.0. The van der Waals surface area contributed by atoms with E-state index in [2.05, 4.69) is 10.1 Å².